The second-order valence-electron chi connectivity index (χ2n) is 5.21. The Morgan fingerprint density at radius 1 is 0.810 bits per heavy atom. The summed E-state index contributed by atoms with van der Waals surface area (Å²) >= 11 is 0. The molecule has 0 spiro atoms. The first-order chi connectivity index (χ1) is 10.3. The molecule has 0 fully saturated rings. The van der Waals surface area contributed by atoms with Gasteiger partial charge < -0.3 is 4.98 Å². The van der Waals surface area contributed by atoms with Crippen molar-refractivity contribution in [2.24, 2.45) is 0 Å². The van der Waals surface area contributed by atoms with Gasteiger partial charge in [-0.3, -0.25) is 0 Å². The zero-order valence-corrected chi connectivity index (χ0v) is 11.4. The maximum atomic E-state index is 6.40. The topological polar surface area (TPSA) is 15.8 Å². The molecule has 0 bridgehead atoms. The van der Waals surface area contributed by atoms with Gasteiger partial charge in [0.15, 0.2) is 0 Å². The second kappa shape index (κ2) is 4.56. The SMILES string of the molecule is [B]c1c(-c2ccccc2)cc([B])c2c1[nH]c1ccccc12. The summed E-state index contributed by atoms with van der Waals surface area (Å²) in [7, 11) is 12.7. The molecular formula is C18H11B2N. The van der Waals surface area contributed by atoms with Crippen LogP contribution in [0.3, 0.4) is 0 Å². The molecule has 4 rings (SSSR count). The van der Waals surface area contributed by atoms with E-state index in [1.807, 2.05) is 54.6 Å². The van der Waals surface area contributed by atoms with Crippen LogP contribution in [0.5, 0.6) is 0 Å². The average molecular weight is 263 g/mol. The standard InChI is InChI=1S/C18H11B2N/c19-14-10-13(11-6-2-1-3-7-11)17(20)18-16(14)12-8-4-5-9-15(12)21-18/h1-10,21H. The van der Waals surface area contributed by atoms with Crippen molar-refractivity contribution in [3.8, 4) is 11.1 Å². The maximum absolute atomic E-state index is 6.40. The summed E-state index contributed by atoms with van der Waals surface area (Å²) in [6.07, 6.45) is 0. The molecule has 1 aromatic heterocycles. The van der Waals surface area contributed by atoms with Crippen molar-refractivity contribution in [2.75, 3.05) is 0 Å². The van der Waals surface area contributed by atoms with Crippen molar-refractivity contribution < 1.29 is 0 Å². The molecule has 0 saturated carbocycles. The summed E-state index contributed by atoms with van der Waals surface area (Å²) in [6.45, 7) is 0. The molecule has 0 atom stereocenters. The largest absolute Gasteiger partial charge is 0.355 e. The molecule has 4 radical (unpaired) electrons. The average Bonchev–Trinajstić information content (AvgIpc) is 2.92. The van der Waals surface area contributed by atoms with Gasteiger partial charge in [0.2, 0.25) is 0 Å². The predicted octanol–water partition coefficient (Wildman–Crippen LogP) is 2.58. The monoisotopic (exact) mass is 263 g/mol. The third kappa shape index (κ3) is 1.81. The van der Waals surface area contributed by atoms with Crippen LogP contribution in [0.1, 0.15) is 0 Å². The lowest BCUT2D eigenvalue weighted by Gasteiger charge is -2.11. The molecule has 94 valence electrons. The van der Waals surface area contributed by atoms with Gasteiger partial charge in [-0.05, 0) is 22.6 Å². The van der Waals surface area contributed by atoms with E-state index in [0.717, 1.165) is 43.9 Å². The molecule has 0 aliphatic carbocycles. The molecule has 0 saturated heterocycles. The normalized spacial score (nSPS) is 11.2. The number of hydrogen-bond donors (Lipinski definition) is 1. The van der Waals surface area contributed by atoms with E-state index in [-0.39, 0.29) is 0 Å². The van der Waals surface area contributed by atoms with E-state index in [2.05, 4.69) is 11.1 Å². The van der Waals surface area contributed by atoms with Gasteiger partial charge in [-0.25, -0.2) is 0 Å². The number of para-hydroxylation sites is 1. The summed E-state index contributed by atoms with van der Waals surface area (Å²) in [5, 5.41) is 2.11. The number of nitrogens with one attached hydrogen (secondary N) is 1. The summed E-state index contributed by atoms with van der Waals surface area (Å²) < 4.78 is 0. The van der Waals surface area contributed by atoms with Gasteiger partial charge in [0.1, 0.15) is 15.7 Å². The van der Waals surface area contributed by atoms with Gasteiger partial charge in [0.05, 0.1) is 0 Å². The lowest BCUT2D eigenvalue weighted by Crippen LogP contribution is -2.16. The van der Waals surface area contributed by atoms with Gasteiger partial charge in [0, 0.05) is 16.4 Å². The van der Waals surface area contributed by atoms with Crippen LogP contribution in [0.15, 0.2) is 60.7 Å². The molecule has 1 nitrogen and oxygen atoms in total. The van der Waals surface area contributed by atoms with Gasteiger partial charge in [-0.15, -0.1) is 0 Å². The van der Waals surface area contributed by atoms with Crippen molar-refractivity contribution in [3.05, 3.63) is 60.7 Å². The highest BCUT2D eigenvalue weighted by Gasteiger charge is 2.12. The molecule has 21 heavy (non-hydrogen) atoms. The second-order valence-corrected chi connectivity index (χ2v) is 5.21. The highest BCUT2D eigenvalue weighted by molar-refractivity contribution is 6.49. The van der Waals surface area contributed by atoms with Gasteiger partial charge in [-0.2, -0.15) is 0 Å². The molecule has 3 heteroatoms. The molecule has 0 aliphatic rings. The number of hydrogen-bond acceptors (Lipinski definition) is 0. The summed E-state index contributed by atoms with van der Waals surface area (Å²) in [5.74, 6) is 0. The Hall–Kier alpha value is -2.41. The Balaban J connectivity index is 2.13. The van der Waals surface area contributed by atoms with Gasteiger partial charge in [0.25, 0.3) is 0 Å². The smallest absolute Gasteiger partial charge is 0.117 e. The Morgan fingerprint density at radius 2 is 1.52 bits per heavy atom. The third-order valence-electron chi connectivity index (χ3n) is 3.94. The minimum atomic E-state index is 0.738. The van der Waals surface area contributed by atoms with Crippen molar-refractivity contribution in [3.63, 3.8) is 0 Å². The first-order valence-electron chi connectivity index (χ1n) is 6.89. The van der Waals surface area contributed by atoms with Crippen LogP contribution in [0.2, 0.25) is 0 Å². The fourth-order valence-electron chi connectivity index (χ4n) is 2.94. The molecule has 0 aliphatic heterocycles. The van der Waals surface area contributed by atoms with E-state index in [4.69, 9.17) is 15.7 Å². The summed E-state index contributed by atoms with van der Waals surface area (Å²) in [6, 6.07) is 20.2. The highest BCUT2D eigenvalue weighted by atomic mass is 14.7. The van der Waals surface area contributed by atoms with Crippen LogP contribution in [0, 0.1) is 0 Å². The zero-order valence-electron chi connectivity index (χ0n) is 11.4. The Bertz CT molecular complexity index is 955. The van der Waals surface area contributed by atoms with Crippen LogP contribution in [-0.2, 0) is 0 Å². The quantitative estimate of drug-likeness (QED) is 0.508. The number of H-pyrrole nitrogens is 1. The maximum Gasteiger partial charge on any atom is 0.117 e. The minimum absolute atomic E-state index is 0.738. The van der Waals surface area contributed by atoms with Gasteiger partial charge >= 0.3 is 0 Å². The number of aromatic nitrogens is 1. The van der Waals surface area contributed by atoms with Crippen LogP contribution < -0.4 is 10.9 Å². The first kappa shape index (κ1) is 12.3. The predicted molar refractivity (Wildman–Crippen MR) is 92.0 cm³/mol. The molecule has 3 aromatic carbocycles. The molecule has 1 N–H and O–H groups in total. The van der Waals surface area contributed by atoms with E-state index in [0.29, 0.717) is 0 Å². The van der Waals surface area contributed by atoms with Crippen molar-refractivity contribution in [1.29, 1.82) is 0 Å². The van der Waals surface area contributed by atoms with Crippen LogP contribution in [0.25, 0.3) is 32.9 Å². The minimum Gasteiger partial charge on any atom is -0.355 e. The molecule has 1 heterocycles. The first-order valence-corrected chi connectivity index (χ1v) is 6.89. The van der Waals surface area contributed by atoms with Crippen molar-refractivity contribution in [1.82, 2.24) is 4.98 Å². The van der Waals surface area contributed by atoms with Crippen LogP contribution >= 0.6 is 0 Å². The van der Waals surface area contributed by atoms with E-state index in [1.165, 1.54) is 0 Å². The molecule has 4 aromatic rings. The van der Waals surface area contributed by atoms with E-state index in [9.17, 15) is 0 Å². The summed E-state index contributed by atoms with van der Waals surface area (Å²) in [5.41, 5.74) is 5.48. The van der Waals surface area contributed by atoms with Crippen LogP contribution in [0.4, 0.5) is 0 Å². The third-order valence-corrected chi connectivity index (χ3v) is 3.94. The van der Waals surface area contributed by atoms with E-state index >= 15 is 0 Å². The highest BCUT2D eigenvalue weighted by Crippen LogP contribution is 2.26. The van der Waals surface area contributed by atoms with Crippen LogP contribution in [-0.4, -0.2) is 20.7 Å². The fraction of sp³-hybridized carbons (Fsp3) is 0. The van der Waals surface area contributed by atoms with Crippen molar-refractivity contribution in [2.45, 2.75) is 0 Å². The van der Waals surface area contributed by atoms with Crippen molar-refractivity contribution >= 4 is 48.4 Å². The lowest BCUT2D eigenvalue weighted by molar-refractivity contribution is 1.56. The Morgan fingerprint density at radius 3 is 2.33 bits per heavy atom. The molecular weight excluding hydrogens is 252 g/mol. The number of aromatic amines is 1. The Kier molecular flexibility index (Phi) is 2.68. The van der Waals surface area contributed by atoms with Gasteiger partial charge in [-0.1, -0.05) is 65.5 Å². The lowest BCUT2D eigenvalue weighted by atomic mass is 9.79. The number of benzene rings is 3. The Labute approximate surface area is 125 Å². The van der Waals surface area contributed by atoms with E-state index in [1.54, 1.807) is 0 Å². The number of fused-ring (bicyclic) bond motifs is 3. The molecule has 0 unspecified atom stereocenters. The van der Waals surface area contributed by atoms with E-state index < -0.39 is 0 Å². The number of rotatable bonds is 1. The summed E-state index contributed by atoms with van der Waals surface area (Å²) in [4.78, 5) is 3.39. The zero-order chi connectivity index (χ0) is 14.4. The molecule has 0 amide bonds. The fourth-order valence-corrected chi connectivity index (χ4v) is 2.94.